The molecule has 2 aromatic carbocycles. The number of aryl methyl sites for hydroxylation is 1. The molecular formula is C19H21NO3. The monoisotopic (exact) mass is 311 g/mol. The van der Waals surface area contributed by atoms with Crippen molar-refractivity contribution in [1.82, 2.24) is 5.32 Å². The maximum absolute atomic E-state index is 12.1. The average molecular weight is 311 g/mol. The van der Waals surface area contributed by atoms with E-state index in [0.29, 0.717) is 23.6 Å². The van der Waals surface area contributed by atoms with E-state index in [0.717, 1.165) is 0 Å². The molecule has 0 aromatic heterocycles. The van der Waals surface area contributed by atoms with Crippen LogP contribution in [0.3, 0.4) is 0 Å². The Bertz CT molecular complexity index is 690. The molecule has 0 radical (unpaired) electrons. The molecule has 0 unspecified atom stereocenters. The Morgan fingerprint density at radius 2 is 1.74 bits per heavy atom. The van der Waals surface area contributed by atoms with E-state index in [4.69, 9.17) is 9.47 Å². The molecule has 0 saturated heterocycles. The number of methoxy groups -OCH3 is 2. The first-order valence-corrected chi connectivity index (χ1v) is 7.36. The van der Waals surface area contributed by atoms with Gasteiger partial charge in [-0.1, -0.05) is 29.8 Å². The number of benzene rings is 2. The molecule has 0 atom stereocenters. The van der Waals surface area contributed by atoms with Gasteiger partial charge in [0.05, 0.1) is 14.2 Å². The van der Waals surface area contributed by atoms with E-state index < -0.39 is 0 Å². The van der Waals surface area contributed by atoms with Crippen molar-refractivity contribution in [3.05, 3.63) is 71.4 Å². The van der Waals surface area contributed by atoms with E-state index in [1.165, 1.54) is 17.2 Å². The maximum atomic E-state index is 12.1. The van der Waals surface area contributed by atoms with Gasteiger partial charge in [-0.15, -0.1) is 0 Å². The van der Waals surface area contributed by atoms with Gasteiger partial charge in [0.25, 0.3) is 0 Å². The molecule has 4 nitrogen and oxygen atoms in total. The van der Waals surface area contributed by atoms with Crippen LogP contribution in [0.5, 0.6) is 11.5 Å². The van der Waals surface area contributed by atoms with Crippen molar-refractivity contribution in [2.24, 2.45) is 0 Å². The third-order valence-corrected chi connectivity index (χ3v) is 3.45. The molecule has 0 amide bonds. The minimum Gasteiger partial charge on any atom is -0.493 e. The minimum atomic E-state index is -0.0950. The standard InChI is InChI=1S/C19H21NO3/c1-14-4-6-15(7-5-14)13-20-11-10-17(21)16-8-9-18(22-2)19(12-16)23-3/h4-12,20H,13H2,1-3H3/b11-10+. The summed E-state index contributed by atoms with van der Waals surface area (Å²) in [4.78, 5) is 12.1. The Hall–Kier alpha value is -2.75. The van der Waals surface area contributed by atoms with Crippen LogP contribution in [0.4, 0.5) is 0 Å². The smallest absolute Gasteiger partial charge is 0.187 e. The summed E-state index contributed by atoms with van der Waals surface area (Å²) in [6.07, 6.45) is 3.17. The zero-order chi connectivity index (χ0) is 16.7. The molecule has 0 fully saturated rings. The van der Waals surface area contributed by atoms with Crippen LogP contribution in [0.2, 0.25) is 0 Å². The third-order valence-electron chi connectivity index (χ3n) is 3.45. The molecule has 0 bridgehead atoms. The second-order valence-corrected chi connectivity index (χ2v) is 5.13. The fourth-order valence-corrected chi connectivity index (χ4v) is 2.10. The van der Waals surface area contributed by atoms with Gasteiger partial charge in [-0.25, -0.2) is 0 Å². The fourth-order valence-electron chi connectivity index (χ4n) is 2.10. The summed E-state index contributed by atoms with van der Waals surface area (Å²) in [5.74, 6) is 1.05. The number of ketones is 1. The second kappa shape index (κ2) is 8.03. The number of carbonyl (C=O) groups is 1. The van der Waals surface area contributed by atoms with E-state index in [1.54, 1.807) is 38.6 Å². The van der Waals surface area contributed by atoms with Crippen LogP contribution in [0.25, 0.3) is 0 Å². The second-order valence-electron chi connectivity index (χ2n) is 5.13. The Morgan fingerprint density at radius 1 is 1.04 bits per heavy atom. The van der Waals surface area contributed by atoms with Crippen molar-refractivity contribution in [3.63, 3.8) is 0 Å². The topological polar surface area (TPSA) is 47.6 Å². The molecule has 0 spiro atoms. The first-order valence-electron chi connectivity index (χ1n) is 7.36. The van der Waals surface area contributed by atoms with Crippen LogP contribution in [0.15, 0.2) is 54.7 Å². The Morgan fingerprint density at radius 3 is 2.39 bits per heavy atom. The zero-order valence-electron chi connectivity index (χ0n) is 13.6. The first-order chi connectivity index (χ1) is 11.1. The van der Waals surface area contributed by atoms with E-state index in [9.17, 15) is 4.79 Å². The van der Waals surface area contributed by atoms with Crippen molar-refractivity contribution in [2.45, 2.75) is 13.5 Å². The number of hydrogen-bond donors (Lipinski definition) is 1. The van der Waals surface area contributed by atoms with Gasteiger partial charge >= 0.3 is 0 Å². The van der Waals surface area contributed by atoms with E-state index in [1.807, 2.05) is 0 Å². The van der Waals surface area contributed by atoms with Gasteiger partial charge in [-0.2, -0.15) is 0 Å². The van der Waals surface area contributed by atoms with Gasteiger partial charge in [0, 0.05) is 24.4 Å². The highest BCUT2D eigenvalue weighted by atomic mass is 16.5. The van der Waals surface area contributed by atoms with Gasteiger partial charge in [-0.05, 0) is 30.7 Å². The Labute approximate surface area is 136 Å². The average Bonchev–Trinajstić information content (AvgIpc) is 2.59. The number of hydrogen-bond acceptors (Lipinski definition) is 4. The van der Waals surface area contributed by atoms with Gasteiger partial charge in [0.2, 0.25) is 0 Å². The SMILES string of the molecule is COc1ccc(C(=O)/C=C/NCc2ccc(C)cc2)cc1OC. The van der Waals surface area contributed by atoms with Crippen molar-refractivity contribution in [3.8, 4) is 11.5 Å². The normalized spacial score (nSPS) is 10.6. The molecule has 4 heteroatoms. The maximum Gasteiger partial charge on any atom is 0.187 e. The number of rotatable bonds is 7. The van der Waals surface area contributed by atoms with Crippen LogP contribution in [-0.4, -0.2) is 20.0 Å². The van der Waals surface area contributed by atoms with Crippen LogP contribution in [0, 0.1) is 6.92 Å². The number of allylic oxidation sites excluding steroid dienone is 1. The quantitative estimate of drug-likeness (QED) is 0.628. The van der Waals surface area contributed by atoms with Gasteiger partial charge in [0.15, 0.2) is 17.3 Å². The number of nitrogens with one attached hydrogen (secondary N) is 1. The zero-order valence-corrected chi connectivity index (χ0v) is 13.6. The summed E-state index contributed by atoms with van der Waals surface area (Å²) in [5, 5.41) is 3.12. The van der Waals surface area contributed by atoms with E-state index in [-0.39, 0.29) is 5.78 Å². The molecule has 1 N–H and O–H groups in total. The summed E-state index contributed by atoms with van der Waals surface area (Å²) in [6, 6.07) is 13.4. The molecular weight excluding hydrogens is 290 g/mol. The van der Waals surface area contributed by atoms with Crippen LogP contribution < -0.4 is 14.8 Å². The lowest BCUT2D eigenvalue weighted by molar-refractivity contribution is 0.104. The summed E-state index contributed by atoms with van der Waals surface area (Å²) in [6.45, 7) is 2.73. The molecule has 0 aliphatic rings. The summed E-state index contributed by atoms with van der Waals surface area (Å²) >= 11 is 0. The van der Waals surface area contributed by atoms with Crippen molar-refractivity contribution in [1.29, 1.82) is 0 Å². The molecule has 0 aliphatic carbocycles. The van der Waals surface area contributed by atoms with Crippen molar-refractivity contribution in [2.75, 3.05) is 14.2 Å². The van der Waals surface area contributed by atoms with Crippen LogP contribution >= 0.6 is 0 Å². The van der Waals surface area contributed by atoms with Gasteiger partial charge in [-0.3, -0.25) is 4.79 Å². The molecule has 2 aromatic rings. The van der Waals surface area contributed by atoms with Gasteiger partial charge < -0.3 is 14.8 Å². The van der Waals surface area contributed by atoms with Crippen molar-refractivity contribution >= 4 is 5.78 Å². The lowest BCUT2D eigenvalue weighted by Crippen LogP contribution is -2.06. The Balaban J connectivity index is 1.94. The fraction of sp³-hybridized carbons (Fsp3) is 0.211. The minimum absolute atomic E-state index is 0.0950. The van der Waals surface area contributed by atoms with Crippen LogP contribution in [0.1, 0.15) is 21.5 Å². The lowest BCUT2D eigenvalue weighted by atomic mass is 10.1. The molecule has 0 heterocycles. The highest BCUT2D eigenvalue weighted by Crippen LogP contribution is 2.27. The molecule has 0 aliphatic heterocycles. The first kappa shape index (κ1) is 16.6. The van der Waals surface area contributed by atoms with Crippen LogP contribution in [-0.2, 0) is 6.54 Å². The summed E-state index contributed by atoms with van der Waals surface area (Å²) < 4.78 is 10.4. The summed E-state index contributed by atoms with van der Waals surface area (Å²) in [7, 11) is 3.11. The predicted octanol–water partition coefficient (Wildman–Crippen LogP) is 3.50. The highest BCUT2D eigenvalue weighted by Gasteiger charge is 2.08. The lowest BCUT2D eigenvalue weighted by Gasteiger charge is -2.08. The Kier molecular flexibility index (Phi) is 5.80. The van der Waals surface area contributed by atoms with Gasteiger partial charge in [0.1, 0.15) is 0 Å². The third kappa shape index (κ3) is 4.61. The van der Waals surface area contributed by atoms with E-state index in [2.05, 4.69) is 36.5 Å². The highest BCUT2D eigenvalue weighted by molar-refractivity contribution is 6.04. The molecule has 0 saturated carbocycles. The summed E-state index contributed by atoms with van der Waals surface area (Å²) in [5.41, 5.74) is 2.95. The largest absolute Gasteiger partial charge is 0.493 e. The molecule has 2 rings (SSSR count). The van der Waals surface area contributed by atoms with Crippen molar-refractivity contribution < 1.29 is 14.3 Å². The molecule has 23 heavy (non-hydrogen) atoms. The molecule has 120 valence electrons. The number of carbonyl (C=O) groups excluding carboxylic acids is 1. The number of ether oxygens (including phenoxy) is 2. The van der Waals surface area contributed by atoms with E-state index >= 15 is 0 Å². The predicted molar refractivity (Wildman–Crippen MR) is 91.0 cm³/mol.